The van der Waals surface area contributed by atoms with Crippen molar-refractivity contribution in [1.82, 2.24) is 0 Å². The predicted octanol–water partition coefficient (Wildman–Crippen LogP) is 3.78. The first-order valence-electron chi connectivity index (χ1n) is 6.00. The number of carbonyl (C=O) groups excluding carboxylic acids is 1. The molecule has 0 atom stereocenters. The smallest absolute Gasteiger partial charge is 0.331 e. The fourth-order valence-electron chi connectivity index (χ4n) is 1.57. The number of rotatable bonds is 4. The molecule has 0 aliphatic carbocycles. The van der Waals surface area contributed by atoms with Crippen LogP contribution in [-0.4, -0.2) is 12.6 Å². The highest BCUT2D eigenvalue weighted by atomic mass is 16.5. The lowest BCUT2D eigenvalue weighted by atomic mass is 9.99. The summed E-state index contributed by atoms with van der Waals surface area (Å²) < 4.78 is 4.88. The van der Waals surface area contributed by atoms with Crippen LogP contribution in [0.15, 0.2) is 30.3 Å². The summed E-state index contributed by atoms with van der Waals surface area (Å²) in [7, 11) is 0. The maximum absolute atomic E-state index is 11.3. The SMILES string of the molecule is CCOC(=O)/C=C(\C)c1ccc(C(C)C)cc1. The maximum atomic E-state index is 11.3. The Morgan fingerprint density at radius 2 is 1.88 bits per heavy atom. The molecule has 0 aliphatic rings. The van der Waals surface area contributed by atoms with Gasteiger partial charge in [-0.05, 0) is 36.5 Å². The molecular weight excluding hydrogens is 212 g/mol. The van der Waals surface area contributed by atoms with Crippen LogP contribution in [0.1, 0.15) is 44.7 Å². The molecule has 0 bridgehead atoms. The highest BCUT2D eigenvalue weighted by molar-refractivity contribution is 5.90. The van der Waals surface area contributed by atoms with Gasteiger partial charge < -0.3 is 4.74 Å². The zero-order valence-corrected chi connectivity index (χ0v) is 11.0. The third-order valence-electron chi connectivity index (χ3n) is 2.65. The van der Waals surface area contributed by atoms with E-state index in [-0.39, 0.29) is 5.97 Å². The molecule has 17 heavy (non-hydrogen) atoms. The average molecular weight is 232 g/mol. The van der Waals surface area contributed by atoms with Crippen molar-refractivity contribution in [2.75, 3.05) is 6.61 Å². The van der Waals surface area contributed by atoms with Crippen LogP contribution in [0.2, 0.25) is 0 Å². The van der Waals surface area contributed by atoms with Crippen molar-refractivity contribution in [3.63, 3.8) is 0 Å². The predicted molar refractivity (Wildman–Crippen MR) is 70.8 cm³/mol. The number of hydrogen-bond acceptors (Lipinski definition) is 2. The van der Waals surface area contributed by atoms with E-state index >= 15 is 0 Å². The largest absolute Gasteiger partial charge is 0.463 e. The average Bonchev–Trinajstić information content (AvgIpc) is 2.29. The van der Waals surface area contributed by atoms with E-state index in [4.69, 9.17) is 4.74 Å². The van der Waals surface area contributed by atoms with Gasteiger partial charge in [-0.25, -0.2) is 4.79 Å². The minimum atomic E-state index is -0.280. The fourth-order valence-corrected chi connectivity index (χ4v) is 1.57. The van der Waals surface area contributed by atoms with Gasteiger partial charge in [-0.15, -0.1) is 0 Å². The fraction of sp³-hybridized carbons (Fsp3) is 0.400. The van der Waals surface area contributed by atoms with Crippen LogP contribution in [0.3, 0.4) is 0 Å². The lowest BCUT2D eigenvalue weighted by Gasteiger charge is -2.07. The Morgan fingerprint density at radius 3 is 2.35 bits per heavy atom. The van der Waals surface area contributed by atoms with E-state index in [1.54, 1.807) is 6.92 Å². The van der Waals surface area contributed by atoms with Gasteiger partial charge in [-0.2, -0.15) is 0 Å². The Labute approximate surface area is 103 Å². The van der Waals surface area contributed by atoms with Crippen LogP contribution in [0.4, 0.5) is 0 Å². The van der Waals surface area contributed by atoms with E-state index in [1.165, 1.54) is 11.6 Å². The third-order valence-corrected chi connectivity index (χ3v) is 2.65. The summed E-state index contributed by atoms with van der Waals surface area (Å²) >= 11 is 0. The molecule has 0 saturated heterocycles. The number of allylic oxidation sites excluding steroid dienone is 1. The summed E-state index contributed by atoms with van der Waals surface area (Å²) in [6, 6.07) is 8.28. The molecule has 0 fully saturated rings. The van der Waals surface area contributed by atoms with Crippen molar-refractivity contribution in [2.45, 2.75) is 33.6 Å². The van der Waals surface area contributed by atoms with E-state index in [0.717, 1.165) is 11.1 Å². The number of ether oxygens (including phenoxy) is 1. The van der Waals surface area contributed by atoms with Gasteiger partial charge in [0.15, 0.2) is 0 Å². The zero-order valence-electron chi connectivity index (χ0n) is 11.0. The molecule has 0 heterocycles. The van der Waals surface area contributed by atoms with E-state index in [9.17, 15) is 4.79 Å². The van der Waals surface area contributed by atoms with Gasteiger partial charge in [-0.1, -0.05) is 38.1 Å². The molecule has 2 heteroatoms. The summed E-state index contributed by atoms with van der Waals surface area (Å²) in [5, 5.41) is 0. The van der Waals surface area contributed by atoms with Gasteiger partial charge in [0.25, 0.3) is 0 Å². The van der Waals surface area contributed by atoms with Crippen LogP contribution in [0.5, 0.6) is 0 Å². The Morgan fingerprint density at radius 1 is 1.29 bits per heavy atom. The van der Waals surface area contributed by atoms with Crippen LogP contribution < -0.4 is 0 Å². The second kappa shape index (κ2) is 6.24. The first-order valence-corrected chi connectivity index (χ1v) is 6.00. The number of carbonyl (C=O) groups is 1. The van der Waals surface area contributed by atoms with Gasteiger partial charge in [0.05, 0.1) is 6.61 Å². The Balaban J connectivity index is 2.82. The molecule has 0 radical (unpaired) electrons. The van der Waals surface area contributed by atoms with Gasteiger partial charge in [-0.3, -0.25) is 0 Å². The molecular formula is C15H20O2. The van der Waals surface area contributed by atoms with Gasteiger partial charge in [0.1, 0.15) is 0 Å². The molecule has 1 aromatic carbocycles. The molecule has 0 aromatic heterocycles. The summed E-state index contributed by atoms with van der Waals surface area (Å²) in [6.45, 7) is 8.46. The van der Waals surface area contributed by atoms with Crippen molar-refractivity contribution in [3.05, 3.63) is 41.5 Å². The normalized spacial score (nSPS) is 11.7. The highest BCUT2D eigenvalue weighted by Crippen LogP contribution is 2.19. The standard InChI is InChI=1S/C15H20O2/c1-5-17-15(16)10-12(4)14-8-6-13(7-9-14)11(2)3/h6-11H,5H2,1-4H3/b12-10+. The summed E-state index contributed by atoms with van der Waals surface area (Å²) in [5.74, 6) is 0.247. The van der Waals surface area contributed by atoms with Crippen LogP contribution in [-0.2, 0) is 9.53 Å². The third kappa shape index (κ3) is 4.06. The van der Waals surface area contributed by atoms with Crippen molar-refractivity contribution in [2.24, 2.45) is 0 Å². The molecule has 1 aromatic rings. The molecule has 0 aliphatic heterocycles. The van der Waals surface area contributed by atoms with E-state index < -0.39 is 0 Å². The van der Waals surface area contributed by atoms with Gasteiger partial charge >= 0.3 is 5.97 Å². The number of benzene rings is 1. The van der Waals surface area contributed by atoms with Crippen LogP contribution in [0, 0.1) is 0 Å². The summed E-state index contributed by atoms with van der Waals surface area (Å²) in [5.41, 5.74) is 3.29. The topological polar surface area (TPSA) is 26.3 Å². The second-order valence-corrected chi connectivity index (χ2v) is 4.36. The molecule has 92 valence electrons. The van der Waals surface area contributed by atoms with Gasteiger partial charge in [0.2, 0.25) is 0 Å². The van der Waals surface area contributed by atoms with E-state index in [1.807, 2.05) is 19.1 Å². The number of esters is 1. The molecule has 0 spiro atoms. The first kappa shape index (κ1) is 13.5. The quantitative estimate of drug-likeness (QED) is 0.583. The van der Waals surface area contributed by atoms with Crippen LogP contribution in [0.25, 0.3) is 5.57 Å². The molecule has 0 N–H and O–H groups in total. The first-order chi connectivity index (χ1) is 8.04. The lowest BCUT2D eigenvalue weighted by Crippen LogP contribution is -2.00. The van der Waals surface area contributed by atoms with Crippen molar-refractivity contribution in [3.8, 4) is 0 Å². The maximum Gasteiger partial charge on any atom is 0.331 e. The van der Waals surface area contributed by atoms with E-state index in [2.05, 4.69) is 26.0 Å². The molecule has 1 rings (SSSR count). The van der Waals surface area contributed by atoms with Crippen molar-refractivity contribution < 1.29 is 9.53 Å². The van der Waals surface area contributed by atoms with Crippen LogP contribution >= 0.6 is 0 Å². The van der Waals surface area contributed by atoms with Crippen molar-refractivity contribution in [1.29, 1.82) is 0 Å². The summed E-state index contributed by atoms with van der Waals surface area (Å²) in [4.78, 5) is 11.3. The zero-order chi connectivity index (χ0) is 12.8. The Bertz CT molecular complexity index is 399. The number of hydrogen-bond donors (Lipinski definition) is 0. The minimum Gasteiger partial charge on any atom is -0.463 e. The van der Waals surface area contributed by atoms with Crippen molar-refractivity contribution >= 4 is 11.5 Å². The minimum absolute atomic E-state index is 0.280. The van der Waals surface area contributed by atoms with E-state index in [0.29, 0.717) is 12.5 Å². The lowest BCUT2D eigenvalue weighted by molar-refractivity contribution is -0.137. The van der Waals surface area contributed by atoms with Gasteiger partial charge in [0, 0.05) is 6.08 Å². The molecule has 0 unspecified atom stereocenters. The Kier molecular flexibility index (Phi) is 4.95. The molecule has 2 nitrogen and oxygen atoms in total. The monoisotopic (exact) mass is 232 g/mol. The Hall–Kier alpha value is -1.57. The highest BCUT2D eigenvalue weighted by Gasteiger charge is 2.02. The molecule has 0 saturated carbocycles. The second-order valence-electron chi connectivity index (χ2n) is 4.36. The summed E-state index contributed by atoms with van der Waals surface area (Å²) in [6.07, 6.45) is 1.54. The molecule has 0 amide bonds.